The lowest BCUT2D eigenvalue weighted by molar-refractivity contribution is -0.154. The van der Waals surface area contributed by atoms with Crippen molar-refractivity contribution >= 4 is 22.5 Å². The number of fused-ring (bicyclic) bond motifs is 1. The van der Waals surface area contributed by atoms with E-state index in [1.165, 1.54) is 0 Å². The Bertz CT molecular complexity index is 661. The van der Waals surface area contributed by atoms with Gasteiger partial charge in [0.05, 0.1) is 0 Å². The van der Waals surface area contributed by atoms with E-state index in [4.69, 9.17) is 4.74 Å². The van der Waals surface area contributed by atoms with Crippen LogP contribution in [-0.4, -0.2) is 29.6 Å². The van der Waals surface area contributed by atoms with Gasteiger partial charge in [0, 0.05) is 5.56 Å². The van der Waals surface area contributed by atoms with Crippen molar-refractivity contribution in [1.29, 1.82) is 0 Å². The normalized spacial score (nSPS) is 12.4. The zero-order valence-electron chi connectivity index (χ0n) is 12.1. The molecule has 110 valence electrons. The highest BCUT2D eigenvalue weighted by Gasteiger charge is 2.21. The number of hydrogen-bond acceptors (Lipinski definition) is 4. The Morgan fingerprint density at radius 2 is 1.76 bits per heavy atom. The molecule has 0 amide bonds. The monoisotopic (exact) mass is 286 g/mol. The van der Waals surface area contributed by atoms with Crippen LogP contribution in [0.15, 0.2) is 42.5 Å². The first-order valence-corrected chi connectivity index (χ1v) is 6.85. The molecule has 0 bridgehead atoms. The summed E-state index contributed by atoms with van der Waals surface area (Å²) in [6.07, 6.45) is -1.20. The lowest BCUT2D eigenvalue weighted by Crippen LogP contribution is -2.29. The average molecular weight is 286 g/mol. The molecule has 0 saturated heterocycles. The summed E-state index contributed by atoms with van der Waals surface area (Å²) in [6, 6.07) is 13.0. The molecule has 2 aromatic rings. The molecule has 1 atom stereocenters. The summed E-state index contributed by atoms with van der Waals surface area (Å²) in [5.41, 5.74) is 0.487. The summed E-state index contributed by atoms with van der Waals surface area (Å²) >= 11 is 0. The highest BCUT2D eigenvalue weighted by atomic mass is 16.5. The smallest absolute Gasteiger partial charge is 0.335 e. The number of carbonyl (C=O) groups is 2. The van der Waals surface area contributed by atoms with E-state index >= 15 is 0 Å². The van der Waals surface area contributed by atoms with E-state index in [2.05, 4.69) is 0 Å². The molecule has 21 heavy (non-hydrogen) atoms. The first kappa shape index (κ1) is 15.2. The number of carbonyl (C=O) groups excluding carboxylic acids is 2. The van der Waals surface area contributed by atoms with Crippen LogP contribution in [-0.2, 0) is 9.53 Å². The van der Waals surface area contributed by atoms with E-state index < -0.39 is 12.1 Å². The van der Waals surface area contributed by atoms with Crippen LogP contribution in [0.1, 0.15) is 24.2 Å². The van der Waals surface area contributed by atoms with Gasteiger partial charge in [-0.3, -0.25) is 4.79 Å². The number of aliphatic hydroxyl groups is 1. The highest BCUT2D eigenvalue weighted by Crippen LogP contribution is 2.16. The van der Waals surface area contributed by atoms with Crippen LogP contribution in [0, 0.1) is 5.92 Å². The maximum absolute atomic E-state index is 12.0. The first-order valence-electron chi connectivity index (χ1n) is 6.85. The number of benzene rings is 2. The molecule has 0 radical (unpaired) electrons. The predicted octanol–water partition coefficient (Wildman–Crippen LogP) is 2.58. The van der Waals surface area contributed by atoms with Crippen LogP contribution >= 0.6 is 0 Å². The van der Waals surface area contributed by atoms with Crippen LogP contribution in [0.25, 0.3) is 10.8 Å². The lowest BCUT2D eigenvalue weighted by atomic mass is 10.0. The Kier molecular flexibility index (Phi) is 4.70. The van der Waals surface area contributed by atoms with Crippen molar-refractivity contribution in [3.05, 3.63) is 48.0 Å². The van der Waals surface area contributed by atoms with E-state index in [0.29, 0.717) is 5.56 Å². The predicted molar refractivity (Wildman–Crippen MR) is 80.1 cm³/mol. The fourth-order valence-electron chi connectivity index (χ4n) is 1.94. The number of ketones is 1. The third-order valence-electron chi connectivity index (χ3n) is 3.29. The molecule has 4 nitrogen and oxygen atoms in total. The second-order valence-corrected chi connectivity index (χ2v) is 5.28. The number of aliphatic hydroxyl groups excluding tert-OH is 1. The molecule has 2 aromatic carbocycles. The first-order chi connectivity index (χ1) is 9.99. The Morgan fingerprint density at radius 1 is 1.10 bits per heavy atom. The standard InChI is InChI=1S/C17H18O4/c1-11(2)16(19)17(20)21-10-15(18)14-8-7-12-5-3-4-6-13(12)9-14/h3-9,11,16,19H,10H2,1-2H3/t16-/m1/s1. The number of Topliss-reactive ketones (excluding diaryl/α,β-unsaturated/α-hetero) is 1. The van der Waals surface area contributed by atoms with Crippen molar-refractivity contribution in [3.8, 4) is 0 Å². The molecule has 0 aliphatic rings. The third kappa shape index (κ3) is 3.67. The van der Waals surface area contributed by atoms with Gasteiger partial charge < -0.3 is 9.84 Å². The maximum atomic E-state index is 12.0. The van der Waals surface area contributed by atoms with Gasteiger partial charge in [-0.15, -0.1) is 0 Å². The third-order valence-corrected chi connectivity index (χ3v) is 3.29. The molecule has 0 saturated carbocycles. The minimum absolute atomic E-state index is 0.242. The van der Waals surface area contributed by atoms with E-state index in [9.17, 15) is 14.7 Å². The minimum Gasteiger partial charge on any atom is -0.455 e. The van der Waals surface area contributed by atoms with Gasteiger partial charge in [-0.1, -0.05) is 50.2 Å². The van der Waals surface area contributed by atoms with Crippen molar-refractivity contribution in [2.45, 2.75) is 20.0 Å². The SMILES string of the molecule is CC(C)[C@@H](O)C(=O)OCC(=O)c1ccc2ccccc2c1. The van der Waals surface area contributed by atoms with Crippen LogP contribution in [0.5, 0.6) is 0 Å². The van der Waals surface area contributed by atoms with Gasteiger partial charge in [0.25, 0.3) is 0 Å². The summed E-state index contributed by atoms with van der Waals surface area (Å²) < 4.78 is 4.85. The molecular formula is C17H18O4. The number of rotatable bonds is 5. The fourth-order valence-corrected chi connectivity index (χ4v) is 1.94. The Hall–Kier alpha value is -2.20. The maximum Gasteiger partial charge on any atom is 0.335 e. The molecule has 0 fully saturated rings. The number of ether oxygens (including phenoxy) is 1. The topological polar surface area (TPSA) is 63.6 Å². The summed E-state index contributed by atoms with van der Waals surface area (Å²) in [4.78, 5) is 23.5. The zero-order chi connectivity index (χ0) is 15.4. The van der Waals surface area contributed by atoms with Crippen LogP contribution in [0.4, 0.5) is 0 Å². The second-order valence-electron chi connectivity index (χ2n) is 5.28. The van der Waals surface area contributed by atoms with Crippen molar-refractivity contribution in [2.24, 2.45) is 5.92 Å². The van der Waals surface area contributed by atoms with Gasteiger partial charge >= 0.3 is 5.97 Å². The molecule has 0 aromatic heterocycles. The molecule has 0 spiro atoms. The van der Waals surface area contributed by atoms with Gasteiger partial charge in [-0.2, -0.15) is 0 Å². The van der Waals surface area contributed by atoms with E-state index in [1.54, 1.807) is 26.0 Å². The van der Waals surface area contributed by atoms with E-state index in [1.807, 2.05) is 30.3 Å². The van der Waals surface area contributed by atoms with Crippen LogP contribution in [0.3, 0.4) is 0 Å². The highest BCUT2D eigenvalue weighted by molar-refractivity contribution is 6.01. The fraction of sp³-hybridized carbons (Fsp3) is 0.294. The van der Waals surface area contributed by atoms with Crippen LogP contribution in [0.2, 0.25) is 0 Å². The second kappa shape index (κ2) is 6.50. The Morgan fingerprint density at radius 3 is 2.43 bits per heavy atom. The van der Waals surface area contributed by atoms with Gasteiger partial charge in [0.2, 0.25) is 0 Å². The zero-order valence-corrected chi connectivity index (χ0v) is 12.1. The van der Waals surface area contributed by atoms with Crippen molar-refractivity contribution in [3.63, 3.8) is 0 Å². The largest absolute Gasteiger partial charge is 0.455 e. The summed E-state index contributed by atoms with van der Waals surface area (Å²) in [7, 11) is 0. The van der Waals surface area contributed by atoms with Crippen molar-refractivity contribution < 1.29 is 19.4 Å². The summed E-state index contributed by atoms with van der Waals surface area (Å²) in [5.74, 6) is -1.29. The van der Waals surface area contributed by atoms with E-state index in [0.717, 1.165) is 10.8 Å². The van der Waals surface area contributed by atoms with Gasteiger partial charge in [-0.05, 0) is 22.8 Å². The quantitative estimate of drug-likeness (QED) is 0.678. The molecule has 4 heteroatoms. The molecule has 0 aliphatic carbocycles. The van der Waals surface area contributed by atoms with E-state index in [-0.39, 0.29) is 18.3 Å². The molecule has 2 rings (SSSR count). The number of esters is 1. The van der Waals surface area contributed by atoms with Crippen molar-refractivity contribution in [2.75, 3.05) is 6.61 Å². The van der Waals surface area contributed by atoms with Crippen LogP contribution < -0.4 is 0 Å². The lowest BCUT2D eigenvalue weighted by Gasteiger charge is -2.13. The minimum atomic E-state index is -1.20. The number of hydrogen-bond donors (Lipinski definition) is 1. The molecule has 0 heterocycles. The van der Waals surface area contributed by atoms with Gasteiger partial charge in [0.15, 0.2) is 18.5 Å². The molecule has 0 unspecified atom stereocenters. The van der Waals surface area contributed by atoms with Gasteiger partial charge in [-0.25, -0.2) is 4.79 Å². The van der Waals surface area contributed by atoms with Gasteiger partial charge in [0.1, 0.15) is 0 Å². The average Bonchev–Trinajstić information content (AvgIpc) is 2.50. The molecule has 1 N–H and O–H groups in total. The Balaban J connectivity index is 2.04. The molecular weight excluding hydrogens is 268 g/mol. The Labute approximate surface area is 123 Å². The van der Waals surface area contributed by atoms with Crippen molar-refractivity contribution in [1.82, 2.24) is 0 Å². The summed E-state index contributed by atoms with van der Waals surface area (Å²) in [5, 5.41) is 11.5. The summed E-state index contributed by atoms with van der Waals surface area (Å²) in [6.45, 7) is 3.05. The molecule has 0 aliphatic heterocycles.